The van der Waals surface area contributed by atoms with E-state index in [1.165, 1.54) is 0 Å². The highest BCUT2D eigenvalue weighted by molar-refractivity contribution is 7.18. The summed E-state index contributed by atoms with van der Waals surface area (Å²) < 4.78 is 1.11. The van der Waals surface area contributed by atoms with E-state index < -0.39 is 0 Å². The minimum atomic E-state index is 0.0761. The van der Waals surface area contributed by atoms with Gasteiger partial charge in [-0.05, 0) is 42.8 Å². The SMILES string of the molecule is Cc1cc(C(=O)Cc2nc3ccccc3s2)ccc1N. The molecule has 0 saturated carbocycles. The molecule has 0 bridgehead atoms. The molecule has 0 aliphatic carbocycles. The Morgan fingerprint density at radius 2 is 2.05 bits per heavy atom. The van der Waals surface area contributed by atoms with Crippen LogP contribution in [0.2, 0.25) is 0 Å². The van der Waals surface area contributed by atoms with Crippen molar-refractivity contribution < 1.29 is 4.79 Å². The normalized spacial score (nSPS) is 10.8. The molecule has 1 aromatic heterocycles. The fourth-order valence-electron chi connectivity index (χ4n) is 2.08. The molecule has 0 spiro atoms. The number of hydrogen-bond acceptors (Lipinski definition) is 4. The number of para-hydroxylation sites is 1. The number of nitrogens with zero attached hydrogens (tertiary/aromatic N) is 1. The first-order valence-electron chi connectivity index (χ1n) is 6.37. The Kier molecular flexibility index (Phi) is 3.24. The van der Waals surface area contributed by atoms with Crippen LogP contribution in [0.1, 0.15) is 20.9 Å². The monoisotopic (exact) mass is 282 g/mol. The van der Waals surface area contributed by atoms with E-state index in [4.69, 9.17) is 5.73 Å². The second-order valence-corrected chi connectivity index (χ2v) is 5.86. The lowest BCUT2D eigenvalue weighted by atomic mass is 10.0. The van der Waals surface area contributed by atoms with Crippen molar-refractivity contribution in [3.05, 3.63) is 58.6 Å². The first-order chi connectivity index (χ1) is 9.63. The molecule has 20 heavy (non-hydrogen) atoms. The number of benzene rings is 2. The maximum absolute atomic E-state index is 12.3. The van der Waals surface area contributed by atoms with Crippen molar-refractivity contribution in [2.75, 3.05) is 5.73 Å². The van der Waals surface area contributed by atoms with E-state index in [0.29, 0.717) is 17.7 Å². The van der Waals surface area contributed by atoms with Crippen LogP contribution >= 0.6 is 11.3 Å². The van der Waals surface area contributed by atoms with E-state index >= 15 is 0 Å². The third-order valence-corrected chi connectivity index (χ3v) is 4.28. The first kappa shape index (κ1) is 12.8. The van der Waals surface area contributed by atoms with Crippen LogP contribution in [-0.4, -0.2) is 10.8 Å². The van der Waals surface area contributed by atoms with Gasteiger partial charge in [0.2, 0.25) is 0 Å². The molecule has 0 saturated heterocycles. The summed E-state index contributed by atoms with van der Waals surface area (Å²) in [5, 5.41) is 0.852. The average Bonchev–Trinajstić information content (AvgIpc) is 2.83. The van der Waals surface area contributed by atoms with Crippen LogP contribution in [0.4, 0.5) is 5.69 Å². The molecule has 1 heterocycles. The molecule has 0 unspecified atom stereocenters. The molecule has 0 aliphatic heterocycles. The van der Waals surface area contributed by atoms with Crippen LogP contribution < -0.4 is 5.73 Å². The van der Waals surface area contributed by atoms with E-state index in [1.54, 1.807) is 23.5 Å². The quantitative estimate of drug-likeness (QED) is 0.589. The van der Waals surface area contributed by atoms with Gasteiger partial charge in [0, 0.05) is 11.3 Å². The van der Waals surface area contributed by atoms with E-state index in [2.05, 4.69) is 4.98 Å². The number of aromatic nitrogens is 1. The van der Waals surface area contributed by atoms with Gasteiger partial charge in [-0.2, -0.15) is 0 Å². The molecule has 0 amide bonds. The molecule has 3 aromatic rings. The summed E-state index contributed by atoms with van der Waals surface area (Å²) in [7, 11) is 0. The van der Waals surface area contributed by atoms with Crippen LogP contribution in [0.25, 0.3) is 10.2 Å². The van der Waals surface area contributed by atoms with Crippen molar-refractivity contribution in [2.45, 2.75) is 13.3 Å². The van der Waals surface area contributed by atoms with Gasteiger partial charge < -0.3 is 5.73 Å². The van der Waals surface area contributed by atoms with Crippen LogP contribution in [0.5, 0.6) is 0 Å². The highest BCUT2D eigenvalue weighted by Crippen LogP contribution is 2.23. The highest BCUT2D eigenvalue weighted by atomic mass is 32.1. The molecular weight excluding hydrogens is 268 g/mol. The Bertz CT molecular complexity index is 759. The third-order valence-electron chi connectivity index (χ3n) is 3.24. The van der Waals surface area contributed by atoms with Crippen LogP contribution in [0.3, 0.4) is 0 Å². The summed E-state index contributed by atoms with van der Waals surface area (Å²) in [6, 6.07) is 13.3. The maximum atomic E-state index is 12.3. The zero-order valence-corrected chi connectivity index (χ0v) is 11.9. The van der Waals surface area contributed by atoms with Gasteiger partial charge in [0.15, 0.2) is 5.78 Å². The van der Waals surface area contributed by atoms with Crippen molar-refractivity contribution in [1.82, 2.24) is 4.98 Å². The molecule has 100 valence electrons. The summed E-state index contributed by atoms with van der Waals surface area (Å²) in [5.41, 5.74) is 9.05. The van der Waals surface area contributed by atoms with Gasteiger partial charge in [0.25, 0.3) is 0 Å². The Morgan fingerprint density at radius 3 is 2.80 bits per heavy atom. The standard InChI is InChI=1S/C16H14N2OS/c1-10-8-11(6-7-12(10)17)14(19)9-16-18-13-4-2-3-5-15(13)20-16/h2-8H,9,17H2,1H3. The minimum absolute atomic E-state index is 0.0761. The molecule has 0 fully saturated rings. The Morgan fingerprint density at radius 1 is 1.25 bits per heavy atom. The predicted molar refractivity (Wildman–Crippen MR) is 83.2 cm³/mol. The summed E-state index contributed by atoms with van der Waals surface area (Å²) in [6.45, 7) is 1.91. The van der Waals surface area contributed by atoms with Gasteiger partial charge in [-0.25, -0.2) is 4.98 Å². The molecule has 2 aromatic carbocycles. The van der Waals surface area contributed by atoms with Gasteiger partial charge >= 0.3 is 0 Å². The van der Waals surface area contributed by atoms with Gasteiger partial charge in [0.05, 0.1) is 16.6 Å². The second kappa shape index (κ2) is 5.06. The molecular formula is C16H14N2OS. The molecule has 0 atom stereocenters. The molecule has 0 radical (unpaired) electrons. The number of aryl methyl sites for hydroxylation is 1. The van der Waals surface area contributed by atoms with Gasteiger partial charge in [0.1, 0.15) is 5.01 Å². The predicted octanol–water partition coefficient (Wildman–Crippen LogP) is 3.61. The number of rotatable bonds is 3. The number of carbonyl (C=O) groups excluding carboxylic acids is 1. The number of nitrogens with two attached hydrogens (primary N) is 1. The van der Waals surface area contributed by atoms with Gasteiger partial charge in [-0.1, -0.05) is 12.1 Å². The zero-order chi connectivity index (χ0) is 14.1. The van der Waals surface area contributed by atoms with Crippen LogP contribution in [-0.2, 0) is 6.42 Å². The van der Waals surface area contributed by atoms with E-state index in [9.17, 15) is 4.79 Å². The van der Waals surface area contributed by atoms with Crippen LogP contribution in [0, 0.1) is 6.92 Å². The number of Topliss-reactive ketones (excluding diaryl/α,β-unsaturated/α-hetero) is 1. The van der Waals surface area contributed by atoms with Crippen LogP contribution in [0.15, 0.2) is 42.5 Å². The Labute approximate surface area is 121 Å². The number of nitrogen functional groups attached to an aromatic ring is 1. The van der Waals surface area contributed by atoms with Crippen molar-refractivity contribution in [1.29, 1.82) is 0 Å². The number of anilines is 1. The highest BCUT2D eigenvalue weighted by Gasteiger charge is 2.11. The molecule has 3 rings (SSSR count). The fourth-order valence-corrected chi connectivity index (χ4v) is 3.05. The summed E-state index contributed by atoms with van der Waals surface area (Å²) in [5.74, 6) is 0.0761. The lowest BCUT2D eigenvalue weighted by Gasteiger charge is -2.03. The van der Waals surface area contributed by atoms with E-state index in [0.717, 1.165) is 20.8 Å². The van der Waals surface area contributed by atoms with E-state index in [1.807, 2.05) is 37.3 Å². The maximum Gasteiger partial charge on any atom is 0.169 e. The van der Waals surface area contributed by atoms with Gasteiger partial charge in [-0.15, -0.1) is 11.3 Å². The second-order valence-electron chi connectivity index (χ2n) is 4.75. The van der Waals surface area contributed by atoms with Crippen molar-refractivity contribution >= 4 is 33.0 Å². The third kappa shape index (κ3) is 2.42. The number of ketones is 1. The number of fused-ring (bicyclic) bond motifs is 1. The lowest BCUT2D eigenvalue weighted by Crippen LogP contribution is -2.04. The van der Waals surface area contributed by atoms with E-state index in [-0.39, 0.29) is 5.78 Å². The molecule has 0 aliphatic rings. The van der Waals surface area contributed by atoms with Crippen molar-refractivity contribution in [3.63, 3.8) is 0 Å². The number of hydrogen-bond donors (Lipinski definition) is 1. The fraction of sp³-hybridized carbons (Fsp3) is 0.125. The average molecular weight is 282 g/mol. The topological polar surface area (TPSA) is 56.0 Å². The zero-order valence-electron chi connectivity index (χ0n) is 11.1. The van der Waals surface area contributed by atoms with Gasteiger partial charge in [-0.3, -0.25) is 4.79 Å². The number of carbonyl (C=O) groups is 1. The Hall–Kier alpha value is -2.20. The molecule has 3 nitrogen and oxygen atoms in total. The molecule has 2 N–H and O–H groups in total. The van der Waals surface area contributed by atoms with Crippen molar-refractivity contribution in [2.24, 2.45) is 0 Å². The summed E-state index contributed by atoms with van der Waals surface area (Å²) in [4.78, 5) is 16.8. The summed E-state index contributed by atoms with van der Waals surface area (Å²) in [6.07, 6.45) is 0.336. The summed E-state index contributed by atoms with van der Waals surface area (Å²) >= 11 is 1.57. The smallest absolute Gasteiger partial charge is 0.169 e. The Balaban J connectivity index is 1.86. The minimum Gasteiger partial charge on any atom is -0.399 e. The van der Waals surface area contributed by atoms with Crippen molar-refractivity contribution in [3.8, 4) is 0 Å². The number of thiazole rings is 1. The first-order valence-corrected chi connectivity index (χ1v) is 7.19. The lowest BCUT2D eigenvalue weighted by molar-refractivity contribution is 0.0993. The largest absolute Gasteiger partial charge is 0.399 e. The molecule has 4 heteroatoms.